The Morgan fingerprint density at radius 2 is 2.75 bits per heavy atom. The summed E-state index contributed by atoms with van der Waals surface area (Å²) in [7, 11) is 0. The van der Waals surface area contributed by atoms with E-state index in [0.717, 1.165) is 5.75 Å². The van der Waals surface area contributed by atoms with Crippen LogP contribution in [-0.4, -0.2) is 17.3 Å². The first kappa shape index (κ1) is 5.89. The first-order valence-electron chi connectivity index (χ1n) is 2.69. The summed E-state index contributed by atoms with van der Waals surface area (Å²) in [5, 5.41) is 0. The zero-order valence-electron chi connectivity index (χ0n) is 4.87. The molecule has 0 N–H and O–H groups in total. The van der Waals surface area contributed by atoms with Gasteiger partial charge in [0.1, 0.15) is 0 Å². The molecule has 1 rings (SSSR count). The first-order chi connectivity index (χ1) is 3.93. The Morgan fingerprint density at radius 1 is 1.88 bits per heavy atom. The second kappa shape index (κ2) is 2.92. The normalized spacial score (nSPS) is 27.9. The molecule has 0 aromatic carbocycles. The molecule has 1 unspecified atom stereocenters. The van der Waals surface area contributed by atoms with Crippen molar-refractivity contribution in [1.82, 2.24) is 0 Å². The molecule has 1 atom stereocenters. The van der Waals surface area contributed by atoms with Crippen LogP contribution in [0.3, 0.4) is 0 Å². The van der Waals surface area contributed by atoms with Gasteiger partial charge in [0.15, 0.2) is 0 Å². The van der Waals surface area contributed by atoms with Crippen LogP contribution in [0.5, 0.6) is 0 Å². The Balaban J connectivity index is 2.36. The van der Waals surface area contributed by atoms with Crippen molar-refractivity contribution < 1.29 is 0 Å². The fourth-order valence-electron chi connectivity index (χ4n) is 0.633. The predicted molar refractivity (Wildman–Crippen MR) is 39.6 cm³/mol. The van der Waals surface area contributed by atoms with E-state index in [4.69, 9.17) is 0 Å². The van der Waals surface area contributed by atoms with Gasteiger partial charge in [0, 0.05) is 5.75 Å². The standard InChI is InChI=1S/C6H9NS/c1-2-3-6-4-8-5-7-6/h2-3,5-6H,4H2,1H3. The lowest BCUT2D eigenvalue weighted by molar-refractivity contribution is 0.962. The van der Waals surface area contributed by atoms with Crippen LogP contribution in [0.1, 0.15) is 6.92 Å². The summed E-state index contributed by atoms with van der Waals surface area (Å²) >= 11 is 1.78. The Bertz CT molecular complexity index is 118. The third-order valence-corrected chi connectivity index (χ3v) is 1.81. The third-order valence-electron chi connectivity index (χ3n) is 1.01. The van der Waals surface area contributed by atoms with Gasteiger partial charge in [-0.25, -0.2) is 0 Å². The van der Waals surface area contributed by atoms with Crippen molar-refractivity contribution in [2.24, 2.45) is 4.99 Å². The predicted octanol–water partition coefficient (Wildman–Crippen LogP) is 1.71. The molecule has 0 bridgehead atoms. The van der Waals surface area contributed by atoms with E-state index in [1.54, 1.807) is 11.8 Å². The van der Waals surface area contributed by atoms with E-state index >= 15 is 0 Å². The van der Waals surface area contributed by atoms with Gasteiger partial charge in [-0.1, -0.05) is 12.2 Å². The van der Waals surface area contributed by atoms with Gasteiger partial charge in [0.25, 0.3) is 0 Å². The monoisotopic (exact) mass is 127 g/mol. The number of nitrogens with zero attached hydrogens (tertiary/aromatic N) is 1. The summed E-state index contributed by atoms with van der Waals surface area (Å²) < 4.78 is 0. The van der Waals surface area contributed by atoms with Gasteiger partial charge in [-0.3, -0.25) is 4.99 Å². The highest BCUT2D eigenvalue weighted by Gasteiger charge is 2.04. The smallest absolute Gasteiger partial charge is 0.0780 e. The molecule has 0 saturated carbocycles. The second-order valence-electron chi connectivity index (χ2n) is 1.68. The zero-order chi connectivity index (χ0) is 5.82. The molecule has 0 saturated heterocycles. The van der Waals surface area contributed by atoms with E-state index in [2.05, 4.69) is 11.1 Å². The highest BCUT2D eigenvalue weighted by molar-refractivity contribution is 8.12. The first-order valence-corrected chi connectivity index (χ1v) is 3.74. The molecular formula is C6H9NS. The Hall–Kier alpha value is -0.240. The van der Waals surface area contributed by atoms with Crippen molar-refractivity contribution >= 4 is 17.3 Å². The molecule has 44 valence electrons. The molecule has 1 aliphatic rings. The fraction of sp³-hybridized carbons (Fsp3) is 0.500. The molecule has 0 aromatic rings. The minimum absolute atomic E-state index is 0.463. The Morgan fingerprint density at radius 3 is 3.25 bits per heavy atom. The maximum Gasteiger partial charge on any atom is 0.0780 e. The lowest BCUT2D eigenvalue weighted by Crippen LogP contribution is -1.96. The maximum atomic E-state index is 4.18. The van der Waals surface area contributed by atoms with Crippen molar-refractivity contribution in [2.75, 3.05) is 5.75 Å². The summed E-state index contributed by atoms with van der Waals surface area (Å²) in [6.45, 7) is 2.03. The Kier molecular flexibility index (Phi) is 2.15. The van der Waals surface area contributed by atoms with Crippen LogP contribution < -0.4 is 0 Å². The number of hydrogen-bond acceptors (Lipinski definition) is 2. The van der Waals surface area contributed by atoms with Crippen LogP contribution in [-0.2, 0) is 0 Å². The number of rotatable bonds is 1. The minimum Gasteiger partial charge on any atom is -0.278 e. The van der Waals surface area contributed by atoms with E-state index < -0.39 is 0 Å². The largest absolute Gasteiger partial charge is 0.278 e. The van der Waals surface area contributed by atoms with Crippen molar-refractivity contribution in [1.29, 1.82) is 0 Å². The topological polar surface area (TPSA) is 12.4 Å². The van der Waals surface area contributed by atoms with Crippen LogP contribution in [0, 0.1) is 0 Å². The van der Waals surface area contributed by atoms with E-state index in [1.807, 2.05) is 18.5 Å². The molecule has 1 nitrogen and oxygen atoms in total. The van der Waals surface area contributed by atoms with Gasteiger partial charge in [-0.05, 0) is 6.92 Å². The number of aliphatic imine (C=N–C) groups is 1. The quantitative estimate of drug-likeness (QED) is 0.488. The highest BCUT2D eigenvalue weighted by atomic mass is 32.2. The summed E-state index contributed by atoms with van der Waals surface area (Å²) in [6.07, 6.45) is 4.17. The van der Waals surface area contributed by atoms with Gasteiger partial charge in [-0.2, -0.15) is 0 Å². The van der Waals surface area contributed by atoms with Crippen molar-refractivity contribution in [2.45, 2.75) is 13.0 Å². The molecule has 2 heteroatoms. The van der Waals surface area contributed by atoms with Gasteiger partial charge >= 0.3 is 0 Å². The van der Waals surface area contributed by atoms with Crippen LogP contribution in [0.15, 0.2) is 17.1 Å². The van der Waals surface area contributed by atoms with E-state index in [9.17, 15) is 0 Å². The SMILES string of the molecule is CC=CC1CSC=N1. The minimum atomic E-state index is 0.463. The number of hydrogen-bond donors (Lipinski definition) is 0. The lowest BCUT2D eigenvalue weighted by atomic mass is 10.3. The van der Waals surface area contributed by atoms with Gasteiger partial charge in [0.2, 0.25) is 0 Å². The van der Waals surface area contributed by atoms with Gasteiger partial charge < -0.3 is 0 Å². The molecule has 1 aliphatic heterocycles. The summed E-state index contributed by atoms with van der Waals surface area (Å²) in [6, 6.07) is 0.463. The molecule has 0 amide bonds. The number of allylic oxidation sites excluding steroid dienone is 1. The molecule has 0 fully saturated rings. The average Bonchev–Trinajstić information content (AvgIpc) is 2.19. The van der Waals surface area contributed by atoms with E-state index in [-0.39, 0.29) is 0 Å². The highest BCUT2D eigenvalue weighted by Crippen LogP contribution is 2.11. The lowest BCUT2D eigenvalue weighted by Gasteiger charge is -1.92. The average molecular weight is 127 g/mol. The molecule has 8 heavy (non-hydrogen) atoms. The maximum absolute atomic E-state index is 4.18. The fourth-order valence-corrected chi connectivity index (χ4v) is 1.36. The van der Waals surface area contributed by atoms with Gasteiger partial charge in [-0.15, -0.1) is 11.8 Å². The summed E-state index contributed by atoms with van der Waals surface area (Å²) in [4.78, 5) is 4.18. The molecule has 0 aliphatic carbocycles. The van der Waals surface area contributed by atoms with Crippen LogP contribution in [0.4, 0.5) is 0 Å². The molecular weight excluding hydrogens is 118 g/mol. The zero-order valence-corrected chi connectivity index (χ0v) is 5.69. The number of thioether (sulfide) groups is 1. The van der Waals surface area contributed by atoms with E-state index in [1.165, 1.54) is 0 Å². The molecule has 0 radical (unpaired) electrons. The summed E-state index contributed by atoms with van der Waals surface area (Å²) in [5.41, 5.74) is 1.92. The Labute approximate surface area is 53.9 Å². The van der Waals surface area contributed by atoms with Crippen molar-refractivity contribution in [3.05, 3.63) is 12.2 Å². The molecule has 0 spiro atoms. The van der Waals surface area contributed by atoms with Gasteiger partial charge in [0.05, 0.1) is 11.6 Å². The van der Waals surface area contributed by atoms with Crippen molar-refractivity contribution in [3.8, 4) is 0 Å². The molecule has 1 heterocycles. The van der Waals surface area contributed by atoms with Crippen LogP contribution >= 0.6 is 11.8 Å². The van der Waals surface area contributed by atoms with Crippen LogP contribution in [0.25, 0.3) is 0 Å². The molecule has 0 aromatic heterocycles. The van der Waals surface area contributed by atoms with Crippen LogP contribution in [0.2, 0.25) is 0 Å². The third kappa shape index (κ3) is 1.37. The second-order valence-corrected chi connectivity index (χ2v) is 2.56. The van der Waals surface area contributed by atoms with E-state index in [0.29, 0.717) is 6.04 Å². The summed E-state index contributed by atoms with van der Waals surface area (Å²) in [5.74, 6) is 1.13. The van der Waals surface area contributed by atoms with Crippen molar-refractivity contribution in [3.63, 3.8) is 0 Å².